The van der Waals surface area contributed by atoms with Gasteiger partial charge in [-0.2, -0.15) is 0 Å². The Morgan fingerprint density at radius 3 is 2.85 bits per heavy atom. The van der Waals surface area contributed by atoms with Gasteiger partial charge in [-0.3, -0.25) is 4.79 Å². The van der Waals surface area contributed by atoms with Crippen molar-refractivity contribution in [2.24, 2.45) is 0 Å². The van der Waals surface area contributed by atoms with Gasteiger partial charge < -0.3 is 15.2 Å². The molecule has 2 N–H and O–H groups in total. The fourth-order valence-electron chi connectivity index (χ4n) is 2.89. The van der Waals surface area contributed by atoms with Crippen LogP contribution in [0.15, 0.2) is 52.7 Å². The van der Waals surface area contributed by atoms with Gasteiger partial charge in [-0.1, -0.05) is 54.3 Å². The molecule has 4 nitrogen and oxygen atoms in total. The second-order valence-corrected chi connectivity index (χ2v) is 8.49. The molecule has 1 saturated heterocycles. The lowest BCUT2D eigenvalue weighted by molar-refractivity contribution is -0.115. The number of carbonyl (C=O) groups is 1. The highest BCUT2D eigenvalue weighted by Gasteiger charge is 2.22. The van der Waals surface area contributed by atoms with E-state index in [2.05, 4.69) is 11.4 Å². The maximum atomic E-state index is 11.9. The third kappa shape index (κ3) is 3.77. The molecule has 1 amide bonds. The first-order chi connectivity index (χ1) is 13.2. The summed E-state index contributed by atoms with van der Waals surface area (Å²) >= 11 is 7.86. The molecule has 2 heterocycles. The summed E-state index contributed by atoms with van der Waals surface area (Å²) in [5.74, 6) is 0.603. The van der Waals surface area contributed by atoms with Gasteiger partial charge >= 0.3 is 0 Å². The molecule has 0 saturated carbocycles. The molecule has 7 heteroatoms. The van der Waals surface area contributed by atoms with Crippen LogP contribution in [0.1, 0.15) is 4.88 Å². The van der Waals surface area contributed by atoms with E-state index in [4.69, 9.17) is 17.0 Å². The number of thioether (sulfide) groups is 1. The molecule has 136 valence electrons. The molecule has 1 aromatic heterocycles. The van der Waals surface area contributed by atoms with Crippen LogP contribution in [0.2, 0.25) is 0 Å². The number of ether oxygens (including phenoxy) is 1. The van der Waals surface area contributed by atoms with E-state index in [1.165, 1.54) is 11.8 Å². The van der Waals surface area contributed by atoms with Crippen molar-refractivity contribution >= 4 is 62.4 Å². The van der Waals surface area contributed by atoms with Gasteiger partial charge in [0.05, 0.1) is 11.5 Å². The zero-order valence-electron chi connectivity index (χ0n) is 14.1. The Morgan fingerprint density at radius 2 is 2.07 bits per heavy atom. The van der Waals surface area contributed by atoms with Crippen molar-refractivity contribution in [3.8, 4) is 16.9 Å². The van der Waals surface area contributed by atoms with Gasteiger partial charge in [-0.05, 0) is 34.5 Å². The maximum absolute atomic E-state index is 11.9. The van der Waals surface area contributed by atoms with Crippen molar-refractivity contribution in [2.75, 3.05) is 13.2 Å². The van der Waals surface area contributed by atoms with Gasteiger partial charge in [0.15, 0.2) is 0 Å². The van der Waals surface area contributed by atoms with Crippen LogP contribution in [0.3, 0.4) is 0 Å². The number of thiophene rings is 1. The van der Waals surface area contributed by atoms with Crippen LogP contribution in [0.5, 0.6) is 5.75 Å². The first kappa shape index (κ1) is 18.2. The van der Waals surface area contributed by atoms with Crippen LogP contribution in [-0.2, 0) is 4.79 Å². The summed E-state index contributed by atoms with van der Waals surface area (Å²) in [7, 11) is 0. The minimum absolute atomic E-state index is 0.0457. The summed E-state index contributed by atoms with van der Waals surface area (Å²) in [5.41, 5.74) is 1.97. The van der Waals surface area contributed by atoms with Crippen molar-refractivity contribution in [1.29, 1.82) is 0 Å². The first-order valence-corrected chi connectivity index (χ1v) is 10.4. The van der Waals surface area contributed by atoms with Gasteiger partial charge in [0.25, 0.3) is 5.91 Å². The summed E-state index contributed by atoms with van der Waals surface area (Å²) < 4.78 is 6.37. The molecule has 3 aromatic rings. The minimum atomic E-state index is -0.155. The second-order valence-electron chi connectivity index (χ2n) is 5.83. The molecule has 4 rings (SSSR count). The summed E-state index contributed by atoms with van der Waals surface area (Å²) in [6.45, 7) is 0.187. The lowest BCUT2D eigenvalue weighted by Crippen LogP contribution is -2.17. The number of aliphatic hydroxyl groups is 1. The van der Waals surface area contributed by atoms with E-state index in [0.29, 0.717) is 9.23 Å². The number of fused-ring (bicyclic) bond motifs is 1. The molecule has 0 radical (unpaired) electrons. The average Bonchev–Trinajstić information content (AvgIpc) is 3.26. The molecular formula is C20H15NO3S3. The van der Waals surface area contributed by atoms with Crippen LogP contribution in [0.25, 0.3) is 28.0 Å². The van der Waals surface area contributed by atoms with Crippen LogP contribution in [0, 0.1) is 0 Å². The molecule has 0 unspecified atom stereocenters. The second kappa shape index (κ2) is 7.82. The number of benzene rings is 2. The van der Waals surface area contributed by atoms with Gasteiger partial charge in [-0.15, -0.1) is 11.3 Å². The van der Waals surface area contributed by atoms with Gasteiger partial charge in [0.1, 0.15) is 16.7 Å². The number of rotatable bonds is 5. The molecule has 0 bridgehead atoms. The molecule has 2 aromatic carbocycles. The molecule has 0 aliphatic carbocycles. The number of hydrogen-bond acceptors (Lipinski definition) is 6. The highest BCUT2D eigenvalue weighted by molar-refractivity contribution is 8.26. The third-order valence-electron chi connectivity index (χ3n) is 4.06. The zero-order valence-corrected chi connectivity index (χ0v) is 16.5. The van der Waals surface area contributed by atoms with Gasteiger partial charge in [-0.25, -0.2) is 0 Å². The number of aliphatic hydroxyl groups excluding tert-OH is 1. The lowest BCUT2D eigenvalue weighted by Gasteiger charge is -2.13. The third-order valence-corrected chi connectivity index (χ3v) is 6.11. The van der Waals surface area contributed by atoms with Crippen LogP contribution < -0.4 is 10.1 Å². The Hall–Kier alpha value is -2.19. The Kier molecular flexibility index (Phi) is 5.27. The van der Waals surface area contributed by atoms with Crippen molar-refractivity contribution in [2.45, 2.75) is 0 Å². The highest BCUT2D eigenvalue weighted by Crippen LogP contribution is 2.39. The fraction of sp³-hybridized carbons (Fsp3) is 0.100. The molecule has 0 spiro atoms. The largest absolute Gasteiger partial charge is 0.490 e. The van der Waals surface area contributed by atoms with Crippen molar-refractivity contribution < 1.29 is 14.6 Å². The summed E-state index contributed by atoms with van der Waals surface area (Å²) in [6.07, 6.45) is 1.85. The molecule has 27 heavy (non-hydrogen) atoms. The van der Waals surface area contributed by atoms with Crippen molar-refractivity contribution in [3.05, 3.63) is 57.6 Å². The summed E-state index contributed by atoms with van der Waals surface area (Å²) in [5, 5.41) is 15.9. The summed E-state index contributed by atoms with van der Waals surface area (Å²) in [6, 6.07) is 14.1. The number of hydrogen-bond donors (Lipinski definition) is 2. The van der Waals surface area contributed by atoms with Crippen LogP contribution >= 0.6 is 35.3 Å². The predicted octanol–water partition coefficient (Wildman–Crippen LogP) is 4.43. The normalized spacial score (nSPS) is 15.5. The molecule has 0 atom stereocenters. The topological polar surface area (TPSA) is 58.6 Å². The summed E-state index contributed by atoms with van der Waals surface area (Å²) in [4.78, 5) is 13.4. The van der Waals surface area contributed by atoms with Crippen LogP contribution in [-0.4, -0.2) is 28.5 Å². The van der Waals surface area contributed by atoms with E-state index in [0.717, 1.165) is 32.5 Å². The van der Waals surface area contributed by atoms with E-state index in [-0.39, 0.29) is 19.1 Å². The van der Waals surface area contributed by atoms with E-state index >= 15 is 0 Å². The van der Waals surface area contributed by atoms with Crippen LogP contribution in [0.4, 0.5) is 0 Å². The Balaban J connectivity index is 1.74. The zero-order chi connectivity index (χ0) is 18.8. The number of thiocarbonyl (C=S) groups is 1. The van der Waals surface area contributed by atoms with Crippen molar-refractivity contribution in [3.63, 3.8) is 0 Å². The SMILES string of the molecule is O=C1NC(=S)S/C1=C\c1cc(-c2ccc3ccccc3c2OCCO)cs1. The molecule has 1 fully saturated rings. The lowest BCUT2D eigenvalue weighted by atomic mass is 10.0. The number of carbonyl (C=O) groups excluding carboxylic acids is 1. The highest BCUT2D eigenvalue weighted by atomic mass is 32.2. The predicted molar refractivity (Wildman–Crippen MR) is 116 cm³/mol. The monoisotopic (exact) mass is 413 g/mol. The Labute approximate surface area is 169 Å². The fourth-order valence-corrected chi connectivity index (χ4v) is 4.84. The Morgan fingerprint density at radius 1 is 1.22 bits per heavy atom. The van der Waals surface area contributed by atoms with Crippen molar-refractivity contribution in [1.82, 2.24) is 5.32 Å². The average molecular weight is 414 g/mol. The number of nitrogens with one attached hydrogen (secondary N) is 1. The van der Waals surface area contributed by atoms with E-state index in [1.54, 1.807) is 11.3 Å². The van der Waals surface area contributed by atoms with E-state index < -0.39 is 0 Å². The number of amides is 1. The molecular weight excluding hydrogens is 398 g/mol. The van der Waals surface area contributed by atoms with Gasteiger partial charge in [0.2, 0.25) is 0 Å². The van der Waals surface area contributed by atoms with E-state index in [9.17, 15) is 9.90 Å². The van der Waals surface area contributed by atoms with Gasteiger partial charge in [0, 0.05) is 15.8 Å². The quantitative estimate of drug-likeness (QED) is 0.479. The smallest absolute Gasteiger partial charge is 0.263 e. The maximum Gasteiger partial charge on any atom is 0.263 e. The molecule has 1 aliphatic rings. The first-order valence-electron chi connectivity index (χ1n) is 8.25. The minimum Gasteiger partial charge on any atom is -0.490 e. The standard InChI is InChI=1S/C20H15NO3S3/c22-7-8-24-18-15-4-2-1-3-12(15)5-6-16(18)13-9-14(26-11-13)10-17-19(23)21-20(25)27-17/h1-6,9-11,22H,7-8H2,(H,21,23,25)/b17-10-. The van der Waals surface area contributed by atoms with E-state index in [1.807, 2.05) is 47.9 Å². The molecule has 1 aliphatic heterocycles. The Bertz CT molecular complexity index is 1070.